The fraction of sp³-hybridized carbons (Fsp3) is 0.567. The minimum atomic E-state index is -0.446. The molecule has 2 rings (SSSR count). The molecule has 0 N–H and O–H groups in total. The molecule has 0 bridgehead atoms. The van der Waals surface area contributed by atoms with E-state index < -0.39 is 11.4 Å². The number of aromatic nitrogens is 1. The summed E-state index contributed by atoms with van der Waals surface area (Å²) < 4.78 is 12.9. The Morgan fingerprint density at radius 2 is 1.62 bits per heavy atom. The first-order valence-corrected chi connectivity index (χ1v) is 13.2. The van der Waals surface area contributed by atoms with Crippen molar-refractivity contribution in [3.63, 3.8) is 0 Å². The Balaban J connectivity index is 2.43. The molecular weight excluding hydrogens is 468 g/mol. The minimum absolute atomic E-state index is 0.0415. The lowest BCUT2D eigenvalue weighted by molar-refractivity contribution is -0.143. The summed E-state index contributed by atoms with van der Waals surface area (Å²) in [6.45, 7) is 16.6. The molecule has 2 aromatic rings. The molecule has 0 unspecified atom stereocenters. The summed E-state index contributed by atoms with van der Waals surface area (Å²) in [5.41, 5.74) is 2.94. The molecule has 0 radical (unpaired) electrons. The van der Waals surface area contributed by atoms with Crippen LogP contribution >= 0.6 is 0 Å². The molecule has 1 aromatic heterocycles. The van der Waals surface area contributed by atoms with Crippen LogP contribution in [0.4, 0.5) is 0 Å². The number of amides is 1. The second-order valence-electron chi connectivity index (χ2n) is 10.5. The number of nitrogens with zero attached hydrogens (tertiary/aromatic N) is 2. The molecule has 0 saturated carbocycles. The second-order valence-corrected chi connectivity index (χ2v) is 10.5. The van der Waals surface area contributed by atoms with E-state index >= 15 is 0 Å². The van der Waals surface area contributed by atoms with Crippen molar-refractivity contribution in [3.05, 3.63) is 52.8 Å². The van der Waals surface area contributed by atoms with Crippen molar-refractivity contribution in [1.29, 1.82) is 0 Å². The highest BCUT2D eigenvalue weighted by molar-refractivity contribution is 5.94. The van der Waals surface area contributed by atoms with Gasteiger partial charge in [0, 0.05) is 30.1 Å². The van der Waals surface area contributed by atoms with E-state index in [1.165, 1.54) is 4.90 Å². The maximum absolute atomic E-state index is 13.3. The summed E-state index contributed by atoms with van der Waals surface area (Å²) in [7, 11) is 1.62. The zero-order valence-corrected chi connectivity index (χ0v) is 24.1. The summed E-state index contributed by atoms with van der Waals surface area (Å²) in [5, 5.41) is 0. The average molecular weight is 513 g/mol. The summed E-state index contributed by atoms with van der Waals surface area (Å²) >= 11 is 0. The maximum atomic E-state index is 13.3. The van der Waals surface area contributed by atoms with Crippen molar-refractivity contribution >= 4 is 17.7 Å². The van der Waals surface area contributed by atoms with Gasteiger partial charge in [-0.2, -0.15) is 0 Å². The molecule has 0 fully saturated rings. The molecule has 0 saturated heterocycles. The van der Waals surface area contributed by atoms with Crippen molar-refractivity contribution in [2.75, 3.05) is 26.8 Å². The number of Topliss-reactive ketones (excluding diaryl/α,β-unsaturated/α-hetero) is 1. The molecule has 0 spiro atoms. The van der Waals surface area contributed by atoms with E-state index in [0.29, 0.717) is 18.0 Å². The quantitative estimate of drug-likeness (QED) is 0.348. The molecule has 7 heteroatoms. The Kier molecular flexibility index (Phi) is 10.1. The van der Waals surface area contributed by atoms with Crippen LogP contribution in [0.2, 0.25) is 0 Å². The van der Waals surface area contributed by atoms with E-state index in [1.807, 2.05) is 52.8 Å². The fourth-order valence-electron chi connectivity index (χ4n) is 4.72. The molecule has 37 heavy (non-hydrogen) atoms. The number of carbonyl (C=O) groups is 3. The van der Waals surface area contributed by atoms with Crippen molar-refractivity contribution in [2.24, 2.45) is 5.41 Å². The predicted molar refractivity (Wildman–Crippen MR) is 146 cm³/mol. The SMILES string of the molecule is CCOC(=O)CN(C)C(=O)c1ccc(C(CC)(CC)c2ccc(OCC(=O)C(C)(C)C)c(C)c2)n1CC. The number of aryl methyl sites for hydroxylation is 1. The zero-order valence-electron chi connectivity index (χ0n) is 24.1. The Morgan fingerprint density at radius 1 is 0.973 bits per heavy atom. The third-order valence-electron chi connectivity index (χ3n) is 7.15. The van der Waals surface area contributed by atoms with Crippen LogP contribution in [-0.2, 0) is 26.3 Å². The van der Waals surface area contributed by atoms with Crippen LogP contribution in [-0.4, -0.2) is 53.9 Å². The first kappa shape index (κ1) is 30.1. The topological polar surface area (TPSA) is 77.8 Å². The van der Waals surface area contributed by atoms with Crippen molar-refractivity contribution in [2.45, 2.75) is 80.2 Å². The number of benzene rings is 1. The van der Waals surface area contributed by atoms with E-state index in [0.717, 1.165) is 29.7 Å². The molecule has 7 nitrogen and oxygen atoms in total. The number of carbonyl (C=O) groups excluding carboxylic acids is 3. The molecule has 1 heterocycles. The standard InChI is InChI=1S/C30H44N2O5/c1-10-30(11-2,22-14-16-24(21(5)18-22)37-20-26(33)29(6,7)8)25-17-15-23(32(25)12-3)28(35)31(9)19-27(34)36-13-4/h14-18H,10-13,19-20H2,1-9H3. The van der Waals surface area contributed by atoms with E-state index in [2.05, 4.69) is 30.5 Å². The predicted octanol–water partition coefficient (Wildman–Crippen LogP) is 5.55. The lowest BCUT2D eigenvalue weighted by atomic mass is 9.72. The number of esters is 1. The van der Waals surface area contributed by atoms with Gasteiger partial charge in [0.25, 0.3) is 5.91 Å². The second kappa shape index (κ2) is 12.4. The van der Waals surface area contributed by atoms with Gasteiger partial charge < -0.3 is 18.9 Å². The Morgan fingerprint density at radius 3 is 2.14 bits per heavy atom. The first-order chi connectivity index (χ1) is 17.4. The normalized spacial score (nSPS) is 11.8. The maximum Gasteiger partial charge on any atom is 0.325 e. The lowest BCUT2D eigenvalue weighted by Crippen LogP contribution is -2.35. The van der Waals surface area contributed by atoms with Crippen LogP contribution in [0.1, 0.15) is 88.6 Å². The van der Waals surface area contributed by atoms with E-state index in [-0.39, 0.29) is 36.9 Å². The Bertz CT molecular complexity index is 1110. The monoisotopic (exact) mass is 512 g/mol. The van der Waals surface area contributed by atoms with E-state index in [1.54, 1.807) is 14.0 Å². The molecule has 0 atom stereocenters. The Hall–Kier alpha value is -3.09. The van der Waals surface area contributed by atoms with Crippen LogP contribution in [0, 0.1) is 12.3 Å². The number of likely N-dealkylation sites (N-methyl/N-ethyl adjacent to an activating group) is 1. The lowest BCUT2D eigenvalue weighted by Gasteiger charge is -2.35. The Labute approximate surface area is 222 Å². The van der Waals surface area contributed by atoms with Gasteiger partial charge in [0.15, 0.2) is 5.78 Å². The van der Waals surface area contributed by atoms with Crippen molar-refractivity contribution in [3.8, 4) is 5.75 Å². The van der Waals surface area contributed by atoms with E-state index in [9.17, 15) is 14.4 Å². The smallest absolute Gasteiger partial charge is 0.325 e. The van der Waals surface area contributed by atoms with Crippen LogP contribution in [0.25, 0.3) is 0 Å². The number of hydrogen-bond acceptors (Lipinski definition) is 5. The molecule has 0 aliphatic rings. The molecule has 0 aliphatic heterocycles. The van der Waals surface area contributed by atoms with Gasteiger partial charge >= 0.3 is 5.97 Å². The highest BCUT2D eigenvalue weighted by atomic mass is 16.5. The van der Waals surface area contributed by atoms with Gasteiger partial charge in [-0.05, 0) is 62.9 Å². The van der Waals surface area contributed by atoms with Crippen LogP contribution in [0.3, 0.4) is 0 Å². The average Bonchev–Trinajstić information content (AvgIpc) is 3.27. The largest absolute Gasteiger partial charge is 0.486 e. The van der Waals surface area contributed by atoms with Crippen LogP contribution < -0.4 is 4.74 Å². The fourth-order valence-corrected chi connectivity index (χ4v) is 4.72. The summed E-state index contributed by atoms with van der Waals surface area (Å²) in [6.07, 6.45) is 1.67. The number of rotatable bonds is 12. The third-order valence-corrected chi connectivity index (χ3v) is 7.15. The van der Waals surface area contributed by atoms with Gasteiger partial charge in [-0.25, -0.2) is 0 Å². The highest BCUT2D eigenvalue weighted by Crippen LogP contribution is 2.41. The van der Waals surface area contributed by atoms with Gasteiger partial charge in [-0.1, -0.05) is 46.8 Å². The summed E-state index contributed by atoms with van der Waals surface area (Å²) in [5.74, 6) is 0.112. The molecule has 1 aromatic carbocycles. The molecule has 204 valence electrons. The highest BCUT2D eigenvalue weighted by Gasteiger charge is 2.35. The molecule has 0 aliphatic carbocycles. The van der Waals surface area contributed by atoms with E-state index in [4.69, 9.17) is 9.47 Å². The molecule has 1 amide bonds. The van der Waals surface area contributed by atoms with Gasteiger partial charge in [-0.15, -0.1) is 0 Å². The van der Waals surface area contributed by atoms with Gasteiger partial charge in [0.1, 0.15) is 24.6 Å². The first-order valence-electron chi connectivity index (χ1n) is 13.2. The van der Waals surface area contributed by atoms with Crippen molar-refractivity contribution in [1.82, 2.24) is 9.47 Å². The van der Waals surface area contributed by atoms with Gasteiger partial charge in [0.05, 0.1) is 6.61 Å². The van der Waals surface area contributed by atoms with Crippen LogP contribution in [0.5, 0.6) is 5.75 Å². The van der Waals surface area contributed by atoms with Gasteiger partial charge in [0.2, 0.25) is 0 Å². The number of ketones is 1. The molecular formula is C30H44N2O5. The van der Waals surface area contributed by atoms with Crippen LogP contribution in [0.15, 0.2) is 30.3 Å². The summed E-state index contributed by atoms with van der Waals surface area (Å²) in [6, 6.07) is 10.0. The number of hydrogen-bond donors (Lipinski definition) is 0. The van der Waals surface area contributed by atoms with Crippen molar-refractivity contribution < 1.29 is 23.9 Å². The minimum Gasteiger partial charge on any atom is -0.486 e. The summed E-state index contributed by atoms with van der Waals surface area (Å²) in [4.78, 5) is 38.9. The zero-order chi connectivity index (χ0) is 28.0. The van der Waals surface area contributed by atoms with Gasteiger partial charge in [-0.3, -0.25) is 14.4 Å². The third kappa shape index (κ3) is 6.62. The number of ether oxygens (including phenoxy) is 2.